The molecular formula is C27H30N4O5. The van der Waals surface area contributed by atoms with E-state index in [1.165, 1.54) is 10.5 Å². The lowest BCUT2D eigenvalue weighted by Crippen LogP contribution is -2.52. The van der Waals surface area contributed by atoms with Gasteiger partial charge in [-0.1, -0.05) is 36.4 Å². The second-order valence-corrected chi connectivity index (χ2v) is 9.55. The molecule has 3 heterocycles. The topological polar surface area (TPSA) is 108 Å². The summed E-state index contributed by atoms with van der Waals surface area (Å²) in [5.41, 5.74) is 4.46. The van der Waals surface area contributed by atoms with Crippen molar-refractivity contribution in [2.24, 2.45) is 0 Å². The third kappa shape index (κ3) is 5.47. The Hall–Kier alpha value is -3.56. The van der Waals surface area contributed by atoms with E-state index >= 15 is 0 Å². The molecule has 0 radical (unpaired) electrons. The van der Waals surface area contributed by atoms with Crippen molar-refractivity contribution in [3.8, 4) is 0 Å². The van der Waals surface area contributed by atoms with E-state index in [4.69, 9.17) is 4.74 Å². The molecule has 188 valence electrons. The molecule has 1 unspecified atom stereocenters. The van der Waals surface area contributed by atoms with Gasteiger partial charge in [0.05, 0.1) is 19.6 Å². The first-order chi connectivity index (χ1) is 17.5. The second kappa shape index (κ2) is 10.6. The number of amides is 4. The van der Waals surface area contributed by atoms with E-state index in [2.05, 4.69) is 27.7 Å². The third-order valence-corrected chi connectivity index (χ3v) is 6.98. The zero-order valence-electron chi connectivity index (χ0n) is 20.1. The summed E-state index contributed by atoms with van der Waals surface area (Å²) in [4.78, 5) is 52.9. The summed E-state index contributed by atoms with van der Waals surface area (Å²) >= 11 is 0. The quantitative estimate of drug-likeness (QED) is 0.564. The molecule has 2 saturated heterocycles. The van der Waals surface area contributed by atoms with Gasteiger partial charge in [-0.25, -0.2) is 0 Å². The number of imide groups is 1. The maximum Gasteiger partial charge on any atom is 0.255 e. The fraction of sp³-hybridized carbons (Fsp3) is 0.407. The molecule has 5 rings (SSSR count). The first-order valence-corrected chi connectivity index (χ1v) is 12.4. The number of hydrogen-bond acceptors (Lipinski definition) is 6. The smallest absolute Gasteiger partial charge is 0.255 e. The van der Waals surface area contributed by atoms with Crippen molar-refractivity contribution in [1.82, 2.24) is 20.4 Å². The molecule has 2 aromatic rings. The summed E-state index contributed by atoms with van der Waals surface area (Å²) in [5.74, 6) is -0.999. The normalized spacial score (nSPS) is 20.3. The monoisotopic (exact) mass is 490 g/mol. The van der Waals surface area contributed by atoms with E-state index in [1.54, 1.807) is 6.07 Å². The Bertz CT molecular complexity index is 1170. The predicted octanol–water partition coefficient (Wildman–Crippen LogP) is 1.14. The molecule has 1 atom stereocenters. The number of carbonyl (C=O) groups excluding carboxylic acids is 4. The van der Waals surface area contributed by atoms with Crippen LogP contribution in [0.4, 0.5) is 0 Å². The van der Waals surface area contributed by atoms with Crippen LogP contribution >= 0.6 is 0 Å². The van der Waals surface area contributed by atoms with E-state index in [1.807, 2.05) is 24.3 Å². The lowest BCUT2D eigenvalue weighted by molar-refractivity contribution is -0.137. The molecule has 0 aromatic heterocycles. The van der Waals surface area contributed by atoms with Crippen molar-refractivity contribution in [2.75, 3.05) is 26.3 Å². The summed E-state index contributed by atoms with van der Waals surface area (Å²) in [5, 5.41) is 5.27. The number of rotatable bonds is 7. The van der Waals surface area contributed by atoms with Gasteiger partial charge in [-0.3, -0.25) is 29.4 Å². The highest BCUT2D eigenvalue weighted by atomic mass is 16.5. The van der Waals surface area contributed by atoms with Crippen molar-refractivity contribution < 1.29 is 23.9 Å². The number of benzene rings is 2. The highest BCUT2D eigenvalue weighted by Crippen LogP contribution is 2.28. The van der Waals surface area contributed by atoms with Gasteiger partial charge in [-0.2, -0.15) is 0 Å². The van der Waals surface area contributed by atoms with Gasteiger partial charge in [0.2, 0.25) is 17.7 Å². The Balaban J connectivity index is 1.12. The van der Waals surface area contributed by atoms with E-state index in [0.717, 1.165) is 49.5 Å². The summed E-state index contributed by atoms with van der Waals surface area (Å²) in [6, 6.07) is 13.0. The molecule has 0 aliphatic carbocycles. The molecule has 2 fully saturated rings. The second-order valence-electron chi connectivity index (χ2n) is 9.55. The minimum absolute atomic E-state index is 0.0716. The van der Waals surface area contributed by atoms with Crippen molar-refractivity contribution >= 4 is 23.6 Å². The molecule has 2 aromatic carbocycles. The van der Waals surface area contributed by atoms with Gasteiger partial charge < -0.3 is 15.0 Å². The molecule has 3 aliphatic heterocycles. The zero-order chi connectivity index (χ0) is 25.1. The highest BCUT2D eigenvalue weighted by Gasteiger charge is 2.39. The molecule has 9 heteroatoms. The van der Waals surface area contributed by atoms with Crippen LogP contribution in [0.1, 0.15) is 45.5 Å². The fourth-order valence-corrected chi connectivity index (χ4v) is 4.97. The van der Waals surface area contributed by atoms with Gasteiger partial charge in [-0.15, -0.1) is 0 Å². The summed E-state index contributed by atoms with van der Waals surface area (Å²) in [7, 11) is 0. The molecule has 3 aliphatic rings. The van der Waals surface area contributed by atoms with Crippen LogP contribution in [0.15, 0.2) is 42.5 Å². The van der Waals surface area contributed by atoms with Crippen LogP contribution in [-0.4, -0.2) is 65.8 Å². The van der Waals surface area contributed by atoms with Crippen molar-refractivity contribution in [3.05, 3.63) is 70.3 Å². The van der Waals surface area contributed by atoms with Crippen LogP contribution < -0.4 is 10.6 Å². The lowest BCUT2D eigenvalue weighted by atomic mass is 10.0. The molecule has 0 spiro atoms. The fourth-order valence-electron chi connectivity index (χ4n) is 4.97. The maximum atomic E-state index is 12.8. The lowest BCUT2D eigenvalue weighted by Gasteiger charge is -2.29. The van der Waals surface area contributed by atoms with Gasteiger partial charge in [0.15, 0.2) is 0 Å². The third-order valence-electron chi connectivity index (χ3n) is 6.98. The predicted molar refractivity (Wildman–Crippen MR) is 131 cm³/mol. The Morgan fingerprint density at radius 2 is 1.72 bits per heavy atom. The van der Waals surface area contributed by atoms with E-state index < -0.39 is 11.9 Å². The van der Waals surface area contributed by atoms with Gasteiger partial charge in [-0.05, 0) is 34.7 Å². The minimum Gasteiger partial charge on any atom is -0.379 e. The number of ether oxygens (including phenoxy) is 1. The standard InChI is InChI=1S/C27H30N4O5/c32-24-8-7-23(26(34)29-24)31-17-21-13-20(5-6-22(21)27(31)35)15-28-25(33)14-18-1-3-19(4-2-18)16-30-9-11-36-12-10-30/h1-6,13,23H,7-12,14-17H2,(H,28,33)(H,29,32,34). The van der Waals surface area contributed by atoms with E-state index in [-0.39, 0.29) is 24.1 Å². The van der Waals surface area contributed by atoms with Gasteiger partial charge in [0.1, 0.15) is 6.04 Å². The van der Waals surface area contributed by atoms with Gasteiger partial charge in [0, 0.05) is 44.7 Å². The molecule has 0 saturated carbocycles. The number of morpholine rings is 1. The average Bonchev–Trinajstić information content (AvgIpc) is 3.20. The van der Waals surface area contributed by atoms with Crippen molar-refractivity contribution in [3.63, 3.8) is 0 Å². The summed E-state index contributed by atoms with van der Waals surface area (Å²) in [6.45, 7) is 4.99. The first kappa shape index (κ1) is 24.1. The van der Waals surface area contributed by atoms with Crippen molar-refractivity contribution in [1.29, 1.82) is 0 Å². The zero-order valence-corrected chi connectivity index (χ0v) is 20.1. The number of nitrogens with zero attached hydrogens (tertiary/aromatic N) is 2. The Kier molecular flexibility index (Phi) is 7.11. The van der Waals surface area contributed by atoms with Gasteiger partial charge in [0.25, 0.3) is 5.91 Å². The van der Waals surface area contributed by atoms with Crippen LogP contribution in [0.25, 0.3) is 0 Å². The molecule has 4 amide bonds. The Morgan fingerprint density at radius 3 is 2.47 bits per heavy atom. The van der Waals surface area contributed by atoms with Gasteiger partial charge >= 0.3 is 0 Å². The number of nitrogens with one attached hydrogen (secondary N) is 2. The van der Waals surface area contributed by atoms with E-state index in [0.29, 0.717) is 31.5 Å². The SMILES string of the molecule is O=C(Cc1ccc(CN2CCOCC2)cc1)NCc1ccc2c(c1)CN(C1CCC(=O)NC1=O)C2=O. The Labute approximate surface area is 209 Å². The highest BCUT2D eigenvalue weighted by molar-refractivity contribution is 6.05. The van der Waals surface area contributed by atoms with Crippen LogP contribution in [0, 0.1) is 0 Å². The molecular weight excluding hydrogens is 460 g/mol. The largest absolute Gasteiger partial charge is 0.379 e. The Morgan fingerprint density at radius 1 is 1.00 bits per heavy atom. The average molecular weight is 491 g/mol. The van der Waals surface area contributed by atoms with Crippen LogP contribution in [0.3, 0.4) is 0 Å². The van der Waals surface area contributed by atoms with Crippen LogP contribution in [0.5, 0.6) is 0 Å². The molecule has 9 nitrogen and oxygen atoms in total. The maximum absolute atomic E-state index is 12.8. The van der Waals surface area contributed by atoms with E-state index in [9.17, 15) is 19.2 Å². The summed E-state index contributed by atoms with van der Waals surface area (Å²) in [6.07, 6.45) is 0.858. The number of piperidine rings is 1. The molecule has 36 heavy (non-hydrogen) atoms. The molecule has 0 bridgehead atoms. The first-order valence-electron chi connectivity index (χ1n) is 12.4. The number of hydrogen-bond donors (Lipinski definition) is 2. The minimum atomic E-state index is -0.633. The van der Waals surface area contributed by atoms with Crippen LogP contribution in [0.2, 0.25) is 0 Å². The number of fused-ring (bicyclic) bond motifs is 1. The van der Waals surface area contributed by atoms with Crippen molar-refractivity contribution in [2.45, 2.75) is 44.9 Å². The molecule has 2 N–H and O–H groups in total. The number of carbonyl (C=O) groups is 4. The van der Waals surface area contributed by atoms with Crippen LogP contribution in [-0.2, 0) is 45.2 Å². The summed E-state index contributed by atoms with van der Waals surface area (Å²) < 4.78 is 5.39.